The van der Waals surface area contributed by atoms with Gasteiger partial charge in [-0.3, -0.25) is 0 Å². The van der Waals surface area contributed by atoms with Crippen molar-refractivity contribution in [2.75, 3.05) is 6.54 Å². The Kier molecular flexibility index (Phi) is 2.72. The van der Waals surface area contributed by atoms with Crippen LogP contribution in [0.1, 0.15) is 12.8 Å². The average Bonchev–Trinajstić information content (AvgIpc) is 2.03. The van der Waals surface area contributed by atoms with E-state index in [0.717, 1.165) is 0 Å². The van der Waals surface area contributed by atoms with E-state index in [2.05, 4.69) is 5.32 Å². The lowest BCUT2D eigenvalue weighted by molar-refractivity contribution is -0.187. The molecule has 1 aliphatic rings. The molecule has 0 radical (unpaired) electrons. The number of hydrogen-bond donors (Lipinski definition) is 1. The molecule has 12 heavy (non-hydrogen) atoms. The van der Waals surface area contributed by atoms with Gasteiger partial charge in [-0.2, -0.15) is 13.2 Å². The van der Waals surface area contributed by atoms with Crippen LogP contribution in [0.2, 0.25) is 0 Å². The first-order chi connectivity index (χ1) is 5.55. The van der Waals surface area contributed by atoms with Gasteiger partial charge in [0.25, 0.3) is 0 Å². The van der Waals surface area contributed by atoms with Crippen molar-refractivity contribution in [2.45, 2.75) is 25.1 Å². The molecular weight excluding hydrogens is 171 g/mol. The van der Waals surface area contributed by atoms with Crippen molar-refractivity contribution in [3.05, 3.63) is 0 Å². The first-order valence-electron chi connectivity index (χ1n) is 3.81. The standard InChI is InChI=1S/C7H10F3NO/c8-7(9,10)5-2-1-3-11-6(5)4-12/h4-6,11H,1-3H2. The van der Waals surface area contributed by atoms with E-state index in [1.807, 2.05) is 0 Å². The zero-order chi connectivity index (χ0) is 9.19. The van der Waals surface area contributed by atoms with Gasteiger partial charge < -0.3 is 10.1 Å². The summed E-state index contributed by atoms with van der Waals surface area (Å²) in [7, 11) is 0. The molecule has 0 bridgehead atoms. The van der Waals surface area contributed by atoms with Crippen molar-refractivity contribution in [1.82, 2.24) is 5.32 Å². The van der Waals surface area contributed by atoms with Crippen LogP contribution in [0.5, 0.6) is 0 Å². The maximum atomic E-state index is 12.2. The third kappa shape index (κ3) is 1.97. The minimum Gasteiger partial charge on any atom is -0.307 e. The number of carbonyl (C=O) groups excluding carboxylic acids is 1. The molecule has 2 atom stereocenters. The second-order valence-corrected chi connectivity index (χ2v) is 2.91. The van der Waals surface area contributed by atoms with Gasteiger partial charge in [-0.15, -0.1) is 0 Å². The number of hydrogen-bond acceptors (Lipinski definition) is 2. The third-order valence-electron chi connectivity index (χ3n) is 2.07. The molecule has 1 rings (SSSR count). The van der Waals surface area contributed by atoms with Crippen LogP contribution in [-0.4, -0.2) is 25.0 Å². The Labute approximate surface area is 68.1 Å². The molecule has 0 aromatic heterocycles. The fourth-order valence-corrected chi connectivity index (χ4v) is 1.42. The summed E-state index contributed by atoms with van der Waals surface area (Å²) in [4.78, 5) is 10.3. The maximum Gasteiger partial charge on any atom is 0.393 e. The summed E-state index contributed by atoms with van der Waals surface area (Å²) < 4.78 is 36.5. The highest BCUT2D eigenvalue weighted by atomic mass is 19.4. The Morgan fingerprint density at radius 1 is 1.42 bits per heavy atom. The van der Waals surface area contributed by atoms with Crippen molar-refractivity contribution < 1.29 is 18.0 Å². The summed E-state index contributed by atoms with van der Waals surface area (Å²) in [5.74, 6) is -1.50. The van der Waals surface area contributed by atoms with Gasteiger partial charge in [0, 0.05) is 0 Å². The van der Waals surface area contributed by atoms with Gasteiger partial charge in [-0.1, -0.05) is 0 Å². The number of carbonyl (C=O) groups is 1. The van der Waals surface area contributed by atoms with Crippen LogP contribution < -0.4 is 5.32 Å². The first-order valence-corrected chi connectivity index (χ1v) is 3.81. The minimum absolute atomic E-state index is 0.0555. The fraction of sp³-hybridized carbons (Fsp3) is 0.857. The van der Waals surface area contributed by atoms with Crippen LogP contribution in [0, 0.1) is 5.92 Å². The molecule has 0 aromatic rings. The molecule has 2 unspecified atom stereocenters. The highest BCUT2D eigenvalue weighted by Crippen LogP contribution is 2.33. The van der Waals surface area contributed by atoms with Gasteiger partial charge in [-0.25, -0.2) is 0 Å². The molecular formula is C7H10F3NO. The summed E-state index contributed by atoms with van der Waals surface area (Å²) in [6.45, 7) is 0.496. The Bertz CT molecular complexity index is 169. The molecule has 2 nitrogen and oxygen atoms in total. The molecule has 1 fully saturated rings. The Balaban J connectivity index is 2.65. The quantitative estimate of drug-likeness (QED) is 0.614. The fourth-order valence-electron chi connectivity index (χ4n) is 1.42. The number of nitrogens with one attached hydrogen (secondary N) is 1. The number of alkyl halides is 3. The van der Waals surface area contributed by atoms with Gasteiger partial charge in [0.1, 0.15) is 6.29 Å². The van der Waals surface area contributed by atoms with E-state index in [9.17, 15) is 18.0 Å². The monoisotopic (exact) mass is 181 g/mol. The van der Waals surface area contributed by atoms with E-state index in [0.29, 0.717) is 19.3 Å². The van der Waals surface area contributed by atoms with E-state index in [4.69, 9.17) is 0 Å². The van der Waals surface area contributed by atoms with Crippen molar-refractivity contribution in [2.24, 2.45) is 5.92 Å². The molecule has 1 aliphatic heterocycles. The number of piperidine rings is 1. The summed E-state index contributed by atoms with van der Waals surface area (Å²) in [6.07, 6.45) is -3.37. The maximum absolute atomic E-state index is 12.2. The van der Waals surface area contributed by atoms with Gasteiger partial charge in [0.05, 0.1) is 12.0 Å². The number of aldehydes is 1. The highest BCUT2D eigenvalue weighted by molar-refractivity contribution is 5.58. The molecule has 1 heterocycles. The molecule has 1 saturated heterocycles. The second kappa shape index (κ2) is 3.43. The van der Waals surface area contributed by atoms with E-state index >= 15 is 0 Å². The molecule has 0 aromatic carbocycles. The van der Waals surface area contributed by atoms with E-state index in [-0.39, 0.29) is 6.42 Å². The van der Waals surface area contributed by atoms with Crippen LogP contribution in [0.15, 0.2) is 0 Å². The highest BCUT2D eigenvalue weighted by Gasteiger charge is 2.45. The topological polar surface area (TPSA) is 29.1 Å². The van der Waals surface area contributed by atoms with Crippen molar-refractivity contribution >= 4 is 6.29 Å². The SMILES string of the molecule is O=CC1NCCCC1C(F)(F)F. The van der Waals surface area contributed by atoms with Crippen LogP contribution in [0.4, 0.5) is 13.2 Å². The number of rotatable bonds is 1. The minimum atomic E-state index is -4.25. The largest absolute Gasteiger partial charge is 0.393 e. The molecule has 0 spiro atoms. The van der Waals surface area contributed by atoms with Crippen LogP contribution >= 0.6 is 0 Å². The molecule has 0 aliphatic carbocycles. The molecule has 0 saturated carbocycles. The lowest BCUT2D eigenvalue weighted by Gasteiger charge is -2.30. The summed E-state index contributed by atoms with van der Waals surface area (Å²) in [5.41, 5.74) is 0. The van der Waals surface area contributed by atoms with Gasteiger partial charge in [0.2, 0.25) is 0 Å². The summed E-state index contributed by atoms with van der Waals surface area (Å²) in [5, 5.41) is 2.54. The van der Waals surface area contributed by atoms with Crippen molar-refractivity contribution in [3.63, 3.8) is 0 Å². The Hall–Kier alpha value is -0.580. The van der Waals surface area contributed by atoms with Crippen LogP contribution in [-0.2, 0) is 4.79 Å². The Morgan fingerprint density at radius 3 is 2.50 bits per heavy atom. The molecule has 5 heteroatoms. The number of halogens is 3. The lowest BCUT2D eigenvalue weighted by Crippen LogP contribution is -2.48. The van der Waals surface area contributed by atoms with Crippen molar-refractivity contribution in [3.8, 4) is 0 Å². The predicted molar refractivity (Wildman–Crippen MR) is 36.6 cm³/mol. The van der Waals surface area contributed by atoms with Crippen LogP contribution in [0.3, 0.4) is 0 Å². The van der Waals surface area contributed by atoms with E-state index in [1.165, 1.54) is 0 Å². The zero-order valence-corrected chi connectivity index (χ0v) is 6.40. The molecule has 70 valence electrons. The second-order valence-electron chi connectivity index (χ2n) is 2.91. The van der Waals surface area contributed by atoms with E-state index < -0.39 is 18.1 Å². The van der Waals surface area contributed by atoms with Gasteiger partial charge in [-0.05, 0) is 19.4 Å². The smallest absolute Gasteiger partial charge is 0.307 e. The first kappa shape index (κ1) is 9.51. The zero-order valence-electron chi connectivity index (χ0n) is 6.40. The van der Waals surface area contributed by atoms with Gasteiger partial charge >= 0.3 is 6.18 Å². The van der Waals surface area contributed by atoms with E-state index in [1.54, 1.807) is 0 Å². The van der Waals surface area contributed by atoms with Gasteiger partial charge in [0.15, 0.2) is 0 Å². The third-order valence-corrected chi connectivity index (χ3v) is 2.07. The molecule has 0 amide bonds. The normalized spacial score (nSPS) is 31.6. The lowest BCUT2D eigenvalue weighted by atomic mass is 9.91. The Morgan fingerprint density at radius 2 is 2.08 bits per heavy atom. The molecule has 1 N–H and O–H groups in total. The predicted octanol–water partition coefficient (Wildman–Crippen LogP) is 1.12. The van der Waals surface area contributed by atoms with Crippen LogP contribution in [0.25, 0.3) is 0 Å². The average molecular weight is 181 g/mol. The summed E-state index contributed by atoms with van der Waals surface area (Å²) >= 11 is 0. The summed E-state index contributed by atoms with van der Waals surface area (Å²) in [6, 6.07) is -1.04. The van der Waals surface area contributed by atoms with Crippen molar-refractivity contribution in [1.29, 1.82) is 0 Å².